The summed E-state index contributed by atoms with van der Waals surface area (Å²) in [7, 11) is 0. The van der Waals surface area contributed by atoms with Crippen LogP contribution >= 0.6 is 0 Å². The molecule has 0 radical (unpaired) electrons. The largest absolute Gasteiger partial charge is 0.467 e. The zero-order valence-electron chi connectivity index (χ0n) is 19.5. The molecule has 0 bridgehead atoms. The SMILES string of the molecule is C[C@@H]1[C@@H]2[C@@H](O)[C@@H]([C@H](C)C(=O)NCc3ccco3)CC[C@]2(C)CC[C@@H]1NC(=O)c1cncnc1. The van der Waals surface area contributed by atoms with Gasteiger partial charge in [-0.2, -0.15) is 0 Å². The standard InChI is InChI=1S/C25H34N4O4/c1-15(23(31)28-13-18-5-4-10-33-18)19-6-8-25(3)9-7-20(16(2)21(25)22(19)30)29-24(32)17-11-26-14-27-12-17/h4-5,10-12,14-16,19-22,30H,6-9,13H2,1-3H3,(H,28,31)(H,29,32)/t15-,16-,19+,20-,21+,22-,25+/m0/s1. The lowest BCUT2D eigenvalue weighted by molar-refractivity contribution is -0.142. The van der Waals surface area contributed by atoms with Crippen LogP contribution < -0.4 is 10.6 Å². The fourth-order valence-electron chi connectivity index (χ4n) is 6.11. The second-order valence-corrected chi connectivity index (χ2v) is 10.1. The predicted octanol–water partition coefficient (Wildman–Crippen LogP) is 2.94. The van der Waals surface area contributed by atoms with E-state index in [1.807, 2.05) is 13.0 Å². The number of hydrogen-bond acceptors (Lipinski definition) is 6. The van der Waals surface area contributed by atoms with E-state index in [0.717, 1.165) is 25.7 Å². The van der Waals surface area contributed by atoms with Crippen LogP contribution in [0.1, 0.15) is 62.6 Å². The van der Waals surface area contributed by atoms with E-state index in [1.165, 1.54) is 18.7 Å². The first-order chi connectivity index (χ1) is 15.8. The number of furan rings is 1. The smallest absolute Gasteiger partial charge is 0.254 e. The van der Waals surface area contributed by atoms with Crippen molar-refractivity contribution in [3.05, 3.63) is 48.4 Å². The number of amides is 2. The van der Waals surface area contributed by atoms with Gasteiger partial charge in [-0.25, -0.2) is 9.97 Å². The zero-order valence-corrected chi connectivity index (χ0v) is 19.5. The maximum Gasteiger partial charge on any atom is 0.254 e. The van der Waals surface area contributed by atoms with Gasteiger partial charge in [-0.1, -0.05) is 20.8 Å². The number of hydrogen-bond donors (Lipinski definition) is 3. The number of nitrogens with one attached hydrogen (secondary N) is 2. The van der Waals surface area contributed by atoms with Crippen LogP contribution in [-0.2, 0) is 11.3 Å². The molecule has 0 unspecified atom stereocenters. The second kappa shape index (κ2) is 9.63. The number of nitrogens with zero attached hydrogens (tertiary/aromatic N) is 2. The maximum absolute atomic E-state index is 12.8. The summed E-state index contributed by atoms with van der Waals surface area (Å²) in [4.78, 5) is 33.4. The molecule has 2 aliphatic rings. The van der Waals surface area contributed by atoms with Crippen LogP contribution in [0, 0.1) is 29.1 Å². The predicted molar refractivity (Wildman–Crippen MR) is 122 cm³/mol. The monoisotopic (exact) mass is 454 g/mol. The summed E-state index contributed by atoms with van der Waals surface area (Å²) in [6.45, 7) is 6.60. The van der Waals surface area contributed by atoms with E-state index < -0.39 is 6.10 Å². The molecule has 7 atom stereocenters. The summed E-state index contributed by atoms with van der Waals surface area (Å²) in [5.74, 6) is 0.0778. The first-order valence-corrected chi connectivity index (χ1v) is 11.8. The van der Waals surface area contributed by atoms with Gasteiger partial charge in [0, 0.05) is 24.4 Å². The Hall–Kier alpha value is -2.74. The molecule has 4 rings (SSSR count). The molecular weight excluding hydrogens is 420 g/mol. The third-order valence-corrected chi connectivity index (χ3v) is 8.10. The molecule has 8 heteroatoms. The molecule has 3 N–H and O–H groups in total. The minimum absolute atomic E-state index is 0.00245. The van der Waals surface area contributed by atoms with Crippen molar-refractivity contribution in [2.24, 2.45) is 29.1 Å². The maximum atomic E-state index is 12.8. The molecule has 0 aromatic carbocycles. The highest BCUT2D eigenvalue weighted by Crippen LogP contribution is 2.55. The molecule has 0 spiro atoms. The summed E-state index contributed by atoms with van der Waals surface area (Å²) < 4.78 is 5.30. The molecule has 0 saturated heterocycles. The number of aromatic nitrogens is 2. The quantitative estimate of drug-likeness (QED) is 0.618. The van der Waals surface area contributed by atoms with Gasteiger partial charge < -0.3 is 20.2 Å². The number of fused-ring (bicyclic) bond motifs is 1. The highest BCUT2D eigenvalue weighted by Gasteiger charge is 2.53. The molecule has 2 aromatic rings. The third-order valence-electron chi connectivity index (χ3n) is 8.10. The summed E-state index contributed by atoms with van der Waals surface area (Å²) in [5.41, 5.74) is 0.429. The molecule has 2 aromatic heterocycles. The van der Waals surface area contributed by atoms with Crippen molar-refractivity contribution < 1.29 is 19.1 Å². The van der Waals surface area contributed by atoms with Gasteiger partial charge in [0.25, 0.3) is 5.91 Å². The Morgan fingerprint density at radius 1 is 1.27 bits per heavy atom. The topological polar surface area (TPSA) is 117 Å². The highest BCUT2D eigenvalue weighted by molar-refractivity contribution is 5.93. The van der Waals surface area contributed by atoms with E-state index in [0.29, 0.717) is 17.9 Å². The summed E-state index contributed by atoms with van der Waals surface area (Å²) in [6, 6.07) is 3.57. The molecule has 2 amide bonds. The van der Waals surface area contributed by atoms with E-state index in [4.69, 9.17) is 4.42 Å². The van der Waals surface area contributed by atoms with Gasteiger partial charge in [-0.05, 0) is 61.0 Å². The summed E-state index contributed by atoms with van der Waals surface area (Å²) in [5, 5.41) is 17.6. The lowest BCUT2D eigenvalue weighted by Gasteiger charge is -2.56. The van der Waals surface area contributed by atoms with Gasteiger partial charge in [-0.15, -0.1) is 0 Å². The Bertz CT molecular complexity index is 951. The minimum atomic E-state index is -0.608. The van der Waals surface area contributed by atoms with Gasteiger partial charge >= 0.3 is 0 Å². The Morgan fingerprint density at radius 3 is 2.70 bits per heavy atom. The zero-order chi connectivity index (χ0) is 23.6. The Balaban J connectivity index is 1.43. The van der Waals surface area contributed by atoms with Crippen molar-refractivity contribution in [2.75, 3.05) is 0 Å². The molecular formula is C25H34N4O4. The number of aliphatic hydroxyl groups is 1. The van der Waals surface area contributed by atoms with Crippen LogP contribution in [0.2, 0.25) is 0 Å². The van der Waals surface area contributed by atoms with Crippen molar-refractivity contribution in [1.82, 2.24) is 20.6 Å². The van der Waals surface area contributed by atoms with Gasteiger partial charge in [0.15, 0.2) is 0 Å². The lowest BCUT2D eigenvalue weighted by Crippen LogP contribution is -2.58. The molecule has 178 valence electrons. The van der Waals surface area contributed by atoms with Crippen molar-refractivity contribution in [3.8, 4) is 0 Å². The second-order valence-electron chi connectivity index (χ2n) is 10.1. The van der Waals surface area contributed by atoms with Crippen LogP contribution in [-0.4, -0.2) is 39.0 Å². The van der Waals surface area contributed by atoms with Gasteiger partial charge in [-0.3, -0.25) is 9.59 Å². The summed E-state index contributed by atoms with van der Waals surface area (Å²) >= 11 is 0. The highest BCUT2D eigenvalue weighted by atomic mass is 16.3. The lowest BCUT2D eigenvalue weighted by atomic mass is 9.51. The fourth-order valence-corrected chi connectivity index (χ4v) is 6.11. The number of carbonyl (C=O) groups excluding carboxylic acids is 2. The molecule has 2 heterocycles. The Labute approximate surface area is 194 Å². The number of rotatable bonds is 6. The van der Waals surface area contributed by atoms with Crippen LogP contribution in [0.25, 0.3) is 0 Å². The van der Waals surface area contributed by atoms with Crippen LogP contribution in [0.4, 0.5) is 0 Å². The van der Waals surface area contributed by atoms with E-state index in [-0.39, 0.29) is 46.9 Å². The van der Waals surface area contributed by atoms with E-state index >= 15 is 0 Å². The van der Waals surface area contributed by atoms with E-state index in [9.17, 15) is 14.7 Å². The van der Waals surface area contributed by atoms with E-state index in [2.05, 4.69) is 34.4 Å². The van der Waals surface area contributed by atoms with Crippen molar-refractivity contribution in [3.63, 3.8) is 0 Å². The normalized spacial score (nSPS) is 32.4. The number of aliphatic hydroxyl groups excluding tert-OH is 1. The van der Waals surface area contributed by atoms with Gasteiger partial charge in [0.2, 0.25) is 5.91 Å². The minimum Gasteiger partial charge on any atom is -0.467 e. The molecule has 2 aliphatic carbocycles. The molecule has 2 saturated carbocycles. The number of carbonyl (C=O) groups is 2. The fraction of sp³-hybridized carbons (Fsp3) is 0.600. The summed E-state index contributed by atoms with van der Waals surface area (Å²) in [6.07, 6.45) is 8.97. The first kappa shape index (κ1) is 23.4. The van der Waals surface area contributed by atoms with Crippen molar-refractivity contribution >= 4 is 11.8 Å². The van der Waals surface area contributed by atoms with Crippen molar-refractivity contribution in [1.29, 1.82) is 0 Å². The van der Waals surface area contributed by atoms with Gasteiger partial charge in [0.05, 0.1) is 24.5 Å². The van der Waals surface area contributed by atoms with Gasteiger partial charge in [0.1, 0.15) is 12.1 Å². The van der Waals surface area contributed by atoms with Crippen molar-refractivity contribution in [2.45, 2.75) is 65.1 Å². The molecule has 0 aliphatic heterocycles. The Kier molecular flexibility index (Phi) is 6.83. The average Bonchev–Trinajstić information content (AvgIpc) is 3.33. The third kappa shape index (κ3) is 4.81. The first-order valence-electron chi connectivity index (χ1n) is 11.8. The molecule has 2 fully saturated rings. The average molecular weight is 455 g/mol. The Morgan fingerprint density at radius 2 is 2.00 bits per heavy atom. The molecule has 8 nitrogen and oxygen atoms in total. The van der Waals surface area contributed by atoms with Crippen LogP contribution in [0.15, 0.2) is 41.5 Å². The van der Waals surface area contributed by atoms with Crippen LogP contribution in [0.5, 0.6) is 0 Å². The molecule has 33 heavy (non-hydrogen) atoms. The van der Waals surface area contributed by atoms with E-state index in [1.54, 1.807) is 12.3 Å². The van der Waals surface area contributed by atoms with Crippen LogP contribution in [0.3, 0.4) is 0 Å².